The zero-order valence-electron chi connectivity index (χ0n) is 19.2. The number of rotatable bonds is 9. The van der Waals surface area contributed by atoms with E-state index in [0.717, 1.165) is 30.1 Å². The minimum absolute atomic E-state index is 0. The van der Waals surface area contributed by atoms with Gasteiger partial charge in [0.05, 0.1) is 26.7 Å². The summed E-state index contributed by atoms with van der Waals surface area (Å²) < 4.78 is 10.6. The van der Waals surface area contributed by atoms with E-state index in [2.05, 4.69) is 21.1 Å². The standard InChI is InChI=1S/C24H27N4O4.Y/c1-18(2)12-24(30)26-15-22-23(13-20(14-25-22)27-8-10-32-11-9-27)28(17-29)16-19-4-6-21(31-3)7-5-19;/h4-7,12-14,18H,8-11,16H2,1-3H3;/q-3;+3. The Morgan fingerprint density at radius 1 is 1.30 bits per heavy atom. The summed E-state index contributed by atoms with van der Waals surface area (Å²) in [7, 11) is 1.60. The fourth-order valence-electron chi connectivity index (χ4n) is 3.24. The summed E-state index contributed by atoms with van der Waals surface area (Å²) in [6, 6.07) is 9.26. The van der Waals surface area contributed by atoms with E-state index in [1.165, 1.54) is 11.3 Å². The van der Waals surface area contributed by atoms with E-state index in [9.17, 15) is 9.59 Å². The molecule has 1 fully saturated rings. The number of hydrogen-bond donors (Lipinski definition) is 0. The molecule has 0 N–H and O–H groups in total. The first-order valence-corrected chi connectivity index (χ1v) is 10.5. The molecule has 1 saturated heterocycles. The van der Waals surface area contributed by atoms with Gasteiger partial charge in [0.1, 0.15) is 5.75 Å². The molecule has 1 aromatic heterocycles. The van der Waals surface area contributed by atoms with Crippen LogP contribution < -0.4 is 14.5 Å². The number of pyridine rings is 1. The molecule has 0 radical (unpaired) electrons. The predicted molar refractivity (Wildman–Crippen MR) is 123 cm³/mol. The molecule has 2 heterocycles. The minimum atomic E-state index is -0.401. The molecule has 8 nitrogen and oxygen atoms in total. The van der Waals surface area contributed by atoms with Crippen molar-refractivity contribution < 1.29 is 51.8 Å². The van der Waals surface area contributed by atoms with Gasteiger partial charge in [-0.1, -0.05) is 38.3 Å². The van der Waals surface area contributed by atoms with E-state index in [-0.39, 0.29) is 45.2 Å². The Labute approximate surface area is 220 Å². The number of aliphatic imine (C=N–C) groups is 1. The molecule has 0 aliphatic carbocycles. The van der Waals surface area contributed by atoms with Gasteiger partial charge in [-0.25, -0.2) is 0 Å². The zero-order valence-corrected chi connectivity index (χ0v) is 22.0. The van der Waals surface area contributed by atoms with Crippen LogP contribution in [0.3, 0.4) is 0 Å². The van der Waals surface area contributed by atoms with E-state index in [0.29, 0.717) is 24.6 Å². The summed E-state index contributed by atoms with van der Waals surface area (Å²) in [5, 5.41) is 0. The maximum absolute atomic E-state index is 12.0. The van der Waals surface area contributed by atoms with Gasteiger partial charge in [-0.2, -0.15) is 5.92 Å². The summed E-state index contributed by atoms with van der Waals surface area (Å²) >= 11 is 0. The summed E-state index contributed by atoms with van der Waals surface area (Å²) in [6.45, 7) is 6.76. The molecular weight excluding hydrogens is 497 g/mol. The third kappa shape index (κ3) is 7.91. The van der Waals surface area contributed by atoms with Crippen LogP contribution >= 0.6 is 0 Å². The van der Waals surface area contributed by atoms with Crippen molar-refractivity contribution in [3.05, 3.63) is 54.2 Å². The van der Waals surface area contributed by atoms with Crippen LogP contribution in [0.4, 0.5) is 11.4 Å². The van der Waals surface area contributed by atoms with Crippen molar-refractivity contribution in [3.63, 3.8) is 0 Å². The maximum Gasteiger partial charge on any atom is 3.00 e. The number of benzene rings is 1. The number of nitrogens with zero attached hydrogens (tertiary/aromatic N) is 4. The molecule has 0 bridgehead atoms. The number of carbonyl (C=O) groups excluding carboxylic acids is 2. The van der Waals surface area contributed by atoms with Gasteiger partial charge >= 0.3 is 32.7 Å². The number of amides is 2. The Hall–Kier alpha value is -2.29. The number of hydrogen-bond acceptors (Lipinski definition) is 6. The molecule has 0 spiro atoms. The van der Waals surface area contributed by atoms with Gasteiger partial charge in [0.2, 0.25) is 0 Å². The Balaban J connectivity index is 0.00000385. The molecule has 33 heavy (non-hydrogen) atoms. The summed E-state index contributed by atoms with van der Waals surface area (Å²) in [5.74, 6) is 0.397. The molecule has 3 rings (SSSR count). The van der Waals surface area contributed by atoms with Crippen LogP contribution in [0.25, 0.3) is 0 Å². The first-order valence-electron chi connectivity index (χ1n) is 10.5. The Morgan fingerprint density at radius 3 is 2.61 bits per heavy atom. The largest absolute Gasteiger partial charge is 3.00 e. The molecule has 1 aromatic carbocycles. The minimum Gasteiger partial charge on any atom is -0.497 e. The SMILES string of the molecule is COc1ccc(CN([C-]=O)c2cc(N3CCOCC3)cnc2[C-]=NC(=O)[CH-]C(C)C)cc1.[Y+3]. The van der Waals surface area contributed by atoms with Crippen LogP contribution in [-0.4, -0.2) is 56.9 Å². The van der Waals surface area contributed by atoms with E-state index in [4.69, 9.17) is 9.47 Å². The molecule has 170 valence electrons. The predicted octanol–water partition coefficient (Wildman–Crippen LogP) is 2.68. The molecule has 2 aromatic rings. The molecule has 1 aliphatic heterocycles. The average molecular weight is 524 g/mol. The third-order valence-electron chi connectivity index (χ3n) is 4.88. The number of methoxy groups -OCH3 is 1. The van der Waals surface area contributed by atoms with Gasteiger partial charge in [0.15, 0.2) is 0 Å². The Morgan fingerprint density at radius 2 is 2.00 bits per heavy atom. The fourth-order valence-corrected chi connectivity index (χ4v) is 3.24. The molecular formula is C24H27N4O4Y. The van der Waals surface area contributed by atoms with E-state index >= 15 is 0 Å². The van der Waals surface area contributed by atoms with Gasteiger partial charge in [-0.05, 0) is 29.1 Å². The van der Waals surface area contributed by atoms with Crippen LogP contribution in [0.15, 0.2) is 41.5 Å². The summed E-state index contributed by atoms with van der Waals surface area (Å²) in [6.07, 6.45) is 7.89. The van der Waals surface area contributed by atoms with Gasteiger partial charge in [-0.3, -0.25) is 4.98 Å². The normalized spacial score (nSPS) is 13.5. The van der Waals surface area contributed by atoms with E-state index < -0.39 is 5.91 Å². The van der Waals surface area contributed by atoms with Crippen molar-refractivity contribution in [2.24, 2.45) is 10.9 Å². The van der Waals surface area contributed by atoms with Crippen molar-refractivity contribution >= 4 is 29.9 Å². The first kappa shape index (κ1) is 27.0. The van der Waals surface area contributed by atoms with Crippen LogP contribution in [-0.2, 0) is 53.6 Å². The second-order valence-electron chi connectivity index (χ2n) is 7.66. The number of carbonyl (C=O) groups is 1. The monoisotopic (exact) mass is 524 g/mol. The average Bonchev–Trinajstić information content (AvgIpc) is 2.81. The Bertz CT molecular complexity index is 944. The van der Waals surface area contributed by atoms with E-state index in [1.54, 1.807) is 13.3 Å². The molecule has 0 atom stereocenters. The first-order chi connectivity index (χ1) is 15.5. The van der Waals surface area contributed by atoms with Crippen LogP contribution in [0, 0.1) is 12.3 Å². The van der Waals surface area contributed by atoms with Crippen molar-refractivity contribution in [2.75, 3.05) is 43.2 Å². The fraction of sp³-hybridized carbons (Fsp3) is 0.375. The molecule has 9 heteroatoms. The molecule has 1 aliphatic rings. The van der Waals surface area contributed by atoms with Crippen molar-refractivity contribution in [2.45, 2.75) is 20.4 Å². The third-order valence-corrected chi connectivity index (χ3v) is 4.88. The second kappa shape index (κ2) is 13.4. The van der Waals surface area contributed by atoms with Crippen LogP contribution in [0.1, 0.15) is 25.1 Å². The van der Waals surface area contributed by atoms with Crippen molar-refractivity contribution in [1.82, 2.24) is 4.98 Å². The smallest absolute Gasteiger partial charge is 0.497 e. The quantitative estimate of drug-likeness (QED) is 0.285. The number of ether oxygens (including phenoxy) is 2. The topological polar surface area (TPSA) is 84.3 Å². The summed E-state index contributed by atoms with van der Waals surface area (Å²) in [4.78, 5) is 35.8. The maximum atomic E-state index is 12.0. The number of morpholine rings is 1. The van der Waals surface area contributed by atoms with Gasteiger partial charge < -0.3 is 40.3 Å². The van der Waals surface area contributed by atoms with Gasteiger partial charge in [0, 0.05) is 37.4 Å². The van der Waals surface area contributed by atoms with Gasteiger partial charge in [-0.15, -0.1) is 0 Å². The second-order valence-corrected chi connectivity index (χ2v) is 7.66. The van der Waals surface area contributed by atoms with E-state index in [1.807, 2.05) is 50.6 Å². The summed E-state index contributed by atoms with van der Waals surface area (Å²) in [5.41, 5.74) is 2.51. The Kier molecular flexibility index (Phi) is 11.0. The van der Waals surface area contributed by atoms with Crippen LogP contribution in [0.5, 0.6) is 5.75 Å². The zero-order chi connectivity index (χ0) is 22.9. The molecule has 2 amide bonds. The number of aromatic nitrogens is 1. The molecule has 0 unspecified atom stereocenters. The number of anilines is 2. The van der Waals surface area contributed by atoms with Crippen molar-refractivity contribution in [3.8, 4) is 5.75 Å². The molecule has 0 saturated carbocycles. The van der Waals surface area contributed by atoms with Crippen LogP contribution in [0.2, 0.25) is 0 Å². The van der Waals surface area contributed by atoms with Gasteiger partial charge in [0.25, 0.3) is 0 Å². The van der Waals surface area contributed by atoms with Crippen molar-refractivity contribution in [1.29, 1.82) is 0 Å².